The van der Waals surface area contributed by atoms with E-state index >= 15 is 0 Å². The molecule has 0 aliphatic heterocycles. The fraction of sp³-hybridized carbons (Fsp3) is 1.00. The van der Waals surface area contributed by atoms with Crippen LogP contribution in [-0.4, -0.2) is 5.41 Å². The van der Waals surface area contributed by atoms with Crippen LogP contribution in [0.25, 0.3) is 0 Å². The van der Waals surface area contributed by atoms with E-state index in [1.807, 2.05) is 0 Å². The lowest BCUT2D eigenvalue weighted by molar-refractivity contribution is 0.109. The van der Waals surface area contributed by atoms with E-state index in [-0.39, 0.29) is 0 Å². The predicted molar refractivity (Wildman–Crippen MR) is 55.0 cm³/mol. The molecular weight excluding hydrogens is 170 g/mol. The van der Waals surface area contributed by atoms with Crippen LogP contribution in [0.4, 0.5) is 4.39 Å². The molecule has 72 valence electrons. The number of hydrogen-bond donors (Lipinski definition) is 0. The minimum absolute atomic E-state index is 0.362. The molecule has 0 heterocycles. The predicted octanol–water partition coefficient (Wildman–Crippen LogP) is 3.76. The highest BCUT2D eigenvalue weighted by Gasteiger charge is 2.35. The smallest absolute Gasteiger partial charge is 0.123 e. The SMILES string of the molecule is CC(C)(C)C1CCC(F)(P)CC1. The van der Waals surface area contributed by atoms with Crippen molar-refractivity contribution in [2.24, 2.45) is 11.3 Å². The lowest BCUT2D eigenvalue weighted by Gasteiger charge is -2.38. The molecule has 0 nitrogen and oxygen atoms in total. The third-order valence-electron chi connectivity index (χ3n) is 3.04. The Hall–Kier alpha value is 0.360. The monoisotopic (exact) mass is 190 g/mol. The summed E-state index contributed by atoms with van der Waals surface area (Å²) in [7, 11) is 2.35. The van der Waals surface area contributed by atoms with Gasteiger partial charge in [0.05, 0.1) is 0 Å². The van der Waals surface area contributed by atoms with Crippen molar-refractivity contribution in [3.8, 4) is 0 Å². The molecule has 1 rings (SSSR count). The zero-order chi connectivity index (χ0) is 9.41. The molecule has 1 aliphatic carbocycles. The van der Waals surface area contributed by atoms with Gasteiger partial charge in [0.1, 0.15) is 5.41 Å². The minimum Gasteiger partial charge on any atom is -0.240 e. The van der Waals surface area contributed by atoms with Crippen molar-refractivity contribution in [2.75, 3.05) is 0 Å². The summed E-state index contributed by atoms with van der Waals surface area (Å²) >= 11 is 0. The zero-order valence-electron chi connectivity index (χ0n) is 8.36. The van der Waals surface area contributed by atoms with Crippen LogP contribution in [0, 0.1) is 11.3 Å². The molecule has 2 heteroatoms. The summed E-state index contributed by atoms with van der Waals surface area (Å²) in [6.45, 7) is 6.77. The molecule has 0 aromatic heterocycles. The summed E-state index contributed by atoms with van der Waals surface area (Å²) in [6, 6.07) is 0. The lowest BCUT2D eigenvalue weighted by Crippen LogP contribution is -2.30. The first-order chi connectivity index (χ1) is 5.31. The quantitative estimate of drug-likeness (QED) is 0.510. The molecule has 0 saturated heterocycles. The maximum Gasteiger partial charge on any atom is 0.123 e. The molecular formula is C10H20FP. The van der Waals surface area contributed by atoms with E-state index in [4.69, 9.17) is 0 Å². The lowest BCUT2D eigenvalue weighted by atomic mass is 9.72. The van der Waals surface area contributed by atoms with Crippen LogP contribution in [0.3, 0.4) is 0 Å². The van der Waals surface area contributed by atoms with Gasteiger partial charge in [-0.3, -0.25) is 0 Å². The number of hydrogen-bond acceptors (Lipinski definition) is 0. The van der Waals surface area contributed by atoms with Crippen molar-refractivity contribution in [1.29, 1.82) is 0 Å². The first kappa shape index (κ1) is 10.4. The van der Waals surface area contributed by atoms with Crippen molar-refractivity contribution < 1.29 is 4.39 Å². The molecule has 1 unspecified atom stereocenters. The molecule has 1 fully saturated rings. The van der Waals surface area contributed by atoms with Crippen LogP contribution in [0.15, 0.2) is 0 Å². The van der Waals surface area contributed by atoms with Gasteiger partial charge in [0.25, 0.3) is 0 Å². The van der Waals surface area contributed by atoms with Gasteiger partial charge in [-0.15, -0.1) is 0 Å². The molecule has 1 aliphatic rings. The molecule has 0 spiro atoms. The molecule has 1 atom stereocenters. The van der Waals surface area contributed by atoms with Crippen molar-refractivity contribution in [3.63, 3.8) is 0 Å². The van der Waals surface area contributed by atoms with Crippen LogP contribution < -0.4 is 0 Å². The van der Waals surface area contributed by atoms with E-state index in [2.05, 4.69) is 30.0 Å². The molecule has 0 amide bonds. The van der Waals surface area contributed by atoms with Gasteiger partial charge < -0.3 is 0 Å². The van der Waals surface area contributed by atoms with Crippen molar-refractivity contribution in [1.82, 2.24) is 0 Å². The number of rotatable bonds is 0. The summed E-state index contributed by atoms with van der Waals surface area (Å²) < 4.78 is 13.4. The van der Waals surface area contributed by atoms with E-state index in [0.717, 1.165) is 25.7 Å². The van der Waals surface area contributed by atoms with E-state index in [1.54, 1.807) is 0 Å². The first-order valence-electron chi connectivity index (χ1n) is 4.79. The normalized spacial score (nSPS) is 38.2. The fourth-order valence-electron chi connectivity index (χ4n) is 1.96. The second-order valence-corrected chi connectivity index (χ2v) is 6.21. The van der Waals surface area contributed by atoms with Gasteiger partial charge in [0, 0.05) is 0 Å². The summed E-state index contributed by atoms with van der Waals surface area (Å²) in [6.07, 6.45) is 3.53. The van der Waals surface area contributed by atoms with E-state index in [9.17, 15) is 4.39 Å². The van der Waals surface area contributed by atoms with Crippen molar-refractivity contribution in [3.05, 3.63) is 0 Å². The second kappa shape index (κ2) is 3.25. The molecule has 0 bridgehead atoms. The topological polar surface area (TPSA) is 0 Å². The average Bonchev–Trinajstić information content (AvgIpc) is 1.83. The van der Waals surface area contributed by atoms with Gasteiger partial charge in [-0.2, -0.15) is 0 Å². The highest BCUT2D eigenvalue weighted by Crippen LogP contribution is 2.45. The van der Waals surface area contributed by atoms with Crippen LogP contribution in [0.5, 0.6) is 0 Å². The molecule has 1 saturated carbocycles. The van der Waals surface area contributed by atoms with Crippen molar-refractivity contribution >= 4 is 9.24 Å². The van der Waals surface area contributed by atoms with Gasteiger partial charge in [-0.25, -0.2) is 4.39 Å². The number of halogens is 1. The van der Waals surface area contributed by atoms with Gasteiger partial charge in [0.15, 0.2) is 0 Å². The Labute approximate surface area is 77.5 Å². The van der Waals surface area contributed by atoms with Crippen LogP contribution in [0.2, 0.25) is 0 Å². The molecule has 0 aromatic rings. The maximum absolute atomic E-state index is 13.4. The van der Waals surface area contributed by atoms with Crippen LogP contribution in [-0.2, 0) is 0 Å². The standard InChI is InChI=1S/C10H20FP/c1-9(2,3)8-4-6-10(11,12)7-5-8/h8H,4-7,12H2,1-3H3. The highest BCUT2D eigenvalue weighted by molar-refractivity contribution is 7.18. The van der Waals surface area contributed by atoms with E-state index < -0.39 is 5.41 Å². The molecule has 0 radical (unpaired) electrons. The molecule has 12 heavy (non-hydrogen) atoms. The fourth-order valence-corrected chi connectivity index (χ4v) is 2.30. The Kier molecular flexibility index (Phi) is 2.83. The summed E-state index contributed by atoms with van der Waals surface area (Å²) in [5.74, 6) is 0.710. The molecule has 0 aromatic carbocycles. The average molecular weight is 190 g/mol. The maximum atomic E-state index is 13.4. The van der Waals surface area contributed by atoms with Crippen molar-refractivity contribution in [2.45, 2.75) is 51.9 Å². The zero-order valence-corrected chi connectivity index (χ0v) is 9.52. The Morgan fingerprint density at radius 2 is 1.67 bits per heavy atom. The number of alkyl halides is 1. The Morgan fingerprint density at radius 3 is 2.00 bits per heavy atom. The Morgan fingerprint density at radius 1 is 1.25 bits per heavy atom. The Bertz CT molecular complexity index is 148. The van der Waals surface area contributed by atoms with Gasteiger partial charge >= 0.3 is 0 Å². The van der Waals surface area contributed by atoms with Gasteiger partial charge in [-0.05, 0) is 37.0 Å². The second-order valence-electron chi connectivity index (χ2n) is 5.17. The van der Waals surface area contributed by atoms with E-state index in [1.165, 1.54) is 0 Å². The third-order valence-corrected chi connectivity index (χ3v) is 3.62. The molecule has 0 N–H and O–H groups in total. The third kappa shape index (κ3) is 2.69. The van der Waals surface area contributed by atoms with Gasteiger partial charge in [-0.1, -0.05) is 30.0 Å². The van der Waals surface area contributed by atoms with Crippen LogP contribution in [0.1, 0.15) is 46.5 Å². The largest absolute Gasteiger partial charge is 0.240 e. The van der Waals surface area contributed by atoms with Crippen LogP contribution >= 0.6 is 9.24 Å². The Balaban J connectivity index is 2.47. The first-order valence-corrected chi connectivity index (χ1v) is 5.37. The van der Waals surface area contributed by atoms with E-state index in [0.29, 0.717) is 11.3 Å². The summed E-state index contributed by atoms with van der Waals surface area (Å²) in [4.78, 5) is 0. The summed E-state index contributed by atoms with van der Waals surface area (Å²) in [5, 5.41) is -0.957. The summed E-state index contributed by atoms with van der Waals surface area (Å²) in [5.41, 5.74) is 0.362. The minimum atomic E-state index is -0.957. The highest BCUT2D eigenvalue weighted by atomic mass is 31.0. The van der Waals surface area contributed by atoms with Gasteiger partial charge in [0.2, 0.25) is 0 Å².